The first-order chi connectivity index (χ1) is 14.7. The van der Waals surface area contributed by atoms with Crippen LogP contribution in [0.3, 0.4) is 0 Å². The second-order valence-electron chi connectivity index (χ2n) is 8.80. The van der Waals surface area contributed by atoms with Gasteiger partial charge < -0.3 is 14.2 Å². The largest absolute Gasteiger partial charge is 0.385 e. The van der Waals surface area contributed by atoms with E-state index in [9.17, 15) is 4.39 Å². The molecule has 0 radical (unpaired) electrons. The fourth-order valence-electron chi connectivity index (χ4n) is 4.92. The van der Waals surface area contributed by atoms with Crippen molar-refractivity contribution in [2.45, 2.75) is 44.8 Å². The van der Waals surface area contributed by atoms with Gasteiger partial charge in [0.25, 0.3) is 0 Å². The Morgan fingerprint density at radius 2 is 1.43 bits per heavy atom. The Balaban J connectivity index is 1.24. The third-order valence-electron chi connectivity index (χ3n) is 6.80. The van der Waals surface area contributed by atoms with Gasteiger partial charge in [0, 0.05) is 25.2 Å². The van der Waals surface area contributed by atoms with Gasteiger partial charge in [-0.25, -0.2) is 4.39 Å². The topological polar surface area (TPSA) is 27.7 Å². The first-order valence-electron chi connectivity index (χ1n) is 11.3. The van der Waals surface area contributed by atoms with Gasteiger partial charge >= 0.3 is 0 Å². The van der Waals surface area contributed by atoms with Crippen molar-refractivity contribution in [3.63, 3.8) is 0 Å². The summed E-state index contributed by atoms with van der Waals surface area (Å²) in [5, 5.41) is 0. The number of benzene rings is 2. The molecule has 0 N–H and O–H groups in total. The zero-order chi connectivity index (χ0) is 20.8. The van der Waals surface area contributed by atoms with Gasteiger partial charge in [0.1, 0.15) is 5.82 Å². The van der Waals surface area contributed by atoms with Gasteiger partial charge in [-0.3, -0.25) is 0 Å². The summed E-state index contributed by atoms with van der Waals surface area (Å²) in [7, 11) is 1.78. The molecule has 4 heteroatoms. The van der Waals surface area contributed by atoms with Crippen LogP contribution in [0.2, 0.25) is 0 Å². The highest BCUT2D eigenvalue weighted by atomic mass is 19.1. The minimum absolute atomic E-state index is 0.214. The van der Waals surface area contributed by atoms with Crippen LogP contribution in [-0.2, 0) is 14.2 Å². The van der Waals surface area contributed by atoms with Crippen molar-refractivity contribution in [1.82, 2.24) is 0 Å². The molecule has 0 aromatic heterocycles. The molecule has 0 atom stereocenters. The van der Waals surface area contributed by atoms with Gasteiger partial charge in [-0.05, 0) is 60.8 Å². The van der Waals surface area contributed by atoms with E-state index in [1.165, 1.54) is 50.7 Å². The third-order valence-corrected chi connectivity index (χ3v) is 6.80. The summed E-state index contributed by atoms with van der Waals surface area (Å²) >= 11 is 0. The normalized spacial score (nSPS) is 27.1. The Morgan fingerprint density at radius 3 is 2.03 bits per heavy atom. The van der Waals surface area contributed by atoms with Gasteiger partial charge in [-0.15, -0.1) is 0 Å². The number of ether oxygens (including phenoxy) is 3. The number of methoxy groups -OCH3 is 1. The lowest BCUT2D eigenvalue weighted by Crippen LogP contribution is -2.34. The first-order valence-corrected chi connectivity index (χ1v) is 11.3. The molecule has 4 rings (SSSR count). The fraction of sp³-hybridized carbons (Fsp3) is 0.538. The molecular formula is C26H33FO3. The summed E-state index contributed by atoms with van der Waals surface area (Å²) in [6.45, 7) is 2.45. The highest BCUT2D eigenvalue weighted by Gasteiger charge is 2.32. The molecule has 0 amide bonds. The summed E-state index contributed by atoms with van der Waals surface area (Å²) in [5.41, 5.74) is 3.11. The van der Waals surface area contributed by atoms with Gasteiger partial charge in [0.2, 0.25) is 0 Å². The van der Waals surface area contributed by atoms with Crippen molar-refractivity contribution in [2.75, 3.05) is 26.9 Å². The zero-order valence-electron chi connectivity index (χ0n) is 17.9. The molecular weight excluding hydrogens is 379 g/mol. The Labute approximate surface area is 179 Å². The van der Waals surface area contributed by atoms with Crippen molar-refractivity contribution >= 4 is 0 Å². The average molecular weight is 413 g/mol. The molecule has 0 unspecified atom stereocenters. The molecule has 0 spiro atoms. The molecule has 0 bridgehead atoms. The number of hydrogen-bond acceptors (Lipinski definition) is 3. The van der Waals surface area contributed by atoms with E-state index in [0.717, 1.165) is 48.3 Å². The monoisotopic (exact) mass is 412 g/mol. The minimum atomic E-state index is -0.283. The maximum atomic E-state index is 13.1. The van der Waals surface area contributed by atoms with Crippen molar-refractivity contribution < 1.29 is 18.6 Å². The van der Waals surface area contributed by atoms with E-state index in [1.54, 1.807) is 19.2 Å². The van der Waals surface area contributed by atoms with Crippen LogP contribution in [0.1, 0.15) is 50.4 Å². The molecule has 1 heterocycles. The van der Waals surface area contributed by atoms with Crippen molar-refractivity contribution in [1.29, 1.82) is 0 Å². The minimum Gasteiger partial charge on any atom is -0.385 e. The molecule has 30 heavy (non-hydrogen) atoms. The van der Waals surface area contributed by atoms with E-state index in [0.29, 0.717) is 5.92 Å². The van der Waals surface area contributed by atoms with Crippen molar-refractivity contribution in [3.05, 3.63) is 59.9 Å². The van der Waals surface area contributed by atoms with E-state index < -0.39 is 0 Å². The van der Waals surface area contributed by atoms with Crippen LogP contribution >= 0.6 is 0 Å². The van der Waals surface area contributed by atoms with Crippen LogP contribution in [-0.4, -0.2) is 26.9 Å². The van der Waals surface area contributed by atoms with Crippen LogP contribution in [0.25, 0.3) is 11.1 Å². The summed E-state index contributed by atoms with van der Waals surface area (Å²) in [6, 6.07) is 14.8. The molecule has 2 fully saturated rings. The van der Waals surface area contributed by atoms with Gasteiger partial charge in [0.15, 0.2) is 6.29 Å². The van der Waals surface area contributed by atoms with Crippen LogP contribution in [0.15, 0.2) is 48.5 Å². The lowest BCUT2D eigenvalue weighted by atomic mass is 9.75. The van der Waals surface area contributed by atoms with E-state index in [2.05, 4.69) is 12.1 Å². The number of halogens is 1. The van der Waals surface area contributed by atoms with E-state index >= 15 is 0 Å². The molecule has 1 aliphatic heterocycles. The third kappa shape index (κ3) is 5.48. The van der Waals surface area contributed by atoms with Gasteiger partial charge in [-0.1, -0.05) is 49.2 Å². The predicted octanol–water partition coefficient (Wildman–Crippen LogP) is 6.39. The Kier molecular flexibility index (Phi) is 7.53. The van der Waals surface area contributed by atoms with Crippen LogP contribution < -0.4 is 0 Å². The summed E-state index contributed by atoms with van der Waals surface area (Å²) in [5.74, 6) is 1.90. The Bertz CT molecular complexity index is 758. The molecule has 3 nitrogen and oxygen atoms in total. The molecule has 2 aromatic rings. The molecule has 2 aromatic carbocycles. The van der Waals surface area contributed by atoms with Crippen molar-refractivity contribution in [3.8, 4) is 11.1 Å². The smallest absolute Gasteiger partial charge is 0.183 e. The Hall–Kier alpha value is -1.75. The lowest BCUT2D eigenvalue weighted by Gasteiger charge is -2.38. The lowest BCUT2D eigenvalue weighted by molar-refractivity contribution is -0.214. The SMILES string of the molecule is COCCCC1CCC(C2COC(c3ccc(-c4ccc(F)cc4)cc3)OC2)CC1. The van der Waals surface area contributed by atoms with Crippen LogP contribution in [0.4, 0.5) is 4.39 Å². The second-order valence-corrected chi connectivity index (χ2v) is 8.80. The Morgan fingerprint density at radius 1 is 0.833 bits per heavy atom. The van der Waals surface area contributed by atoms with E-state index in [-0.39, 0.29) is 12.1 Å². The second kappa shape index (κ2) is 10.5. The first kappa shape index (κ1) is 21.5. The molecule has 1 saturated carbocycles. The zero-order valence-corrected chi connectivity index (χ0v) is 17.9. The molecule has 162 valence electrons. The summed E-state index contributed by atoms with van der Waals surface area (Å²) < 4.78 is 30.5. The van der Waals surface area contributed by atoms with E-state index in [1.807, 2.05) is 12.1 Å². The quantitative estimate of drug-likeness (QED) is 0.493. The van der Waals surface area contributed by atoms with E-state index in [4.69, 9.17) is 14.2 Å². The average Bonchev–Trinajstić information content (AvgIpc) is 2.81. The molecule has 1 aliphatic carbocycles. The maximum Gasteiger partial charge on any atom is 0.183 e. The predicted molar refractivity (Wildman–Crippen MR) is 117 cm³/mol. The summed E-state index contributed by atoms with van der Waals surface area (Å²) in [4.78, 5) is 0. The van der Waals surface area contributed by atoms with Gasteiger partial charge in [-0.2, -0.15) is 0 Å². The number of rotatable bonds is 7. The standard InChI is InChI=1S/C26H33FO3/c1-28-16-2-3-19-4-6-22(7-5-19)24-17-29-26(30-18-24)23-10-8-20(9-11-23)21-12-14-25(27)15-13-21/h8-15,19,22,24,26H,2-7,16-18H2,1H3. The fourth-order valence-corrected chi connectivity index (χ4v) is 4.92. The van der Waals surface area contributed by atoms with Crippen molar-refractivity contribution in [2.24, 2.45) is 17.8 Å². The van der Waals surface area contributed by atoms with Crippen LogP contribution in [0.5, 0.6) is 0 Å². The summed E-state index contributed by atoms with van der Waals surface area (Å²) in [6.07, 6.45) is 7.46. The van der Waals surface area contributed by atoms with Gasteiger partial charge in [0.05, 0.1) is 13.2 Å². The highest BCUT2D eigenvalue weighted by Crippen LogP contribution is 2.38. The molecule has 2 aliphatic rings. The highest BCUT2D eigenvalue weighted by molar-refractivity contribution is 5.63. The van der Waals surface area contributed by atoms with Crippen LogP contribution in [0, 0.1) is 23.6 Å². The number of hydrogen-bond donors (Lipinski definition) is 0. The maximum absolute atomic E-state index is 13.1. The molecule has 1 saturated heterocycles.